The smallest absolute Gasteiger partial charge is 0.273 e. The van der Waals surface area contributed by atoms with Crippen molar-refractivity contribution in [1.82, 2.24) is 25.2 Å². The van der Waals surface area contributed by atoms with Gasteiger partial charge in [-0.2, -0.15) is 0 Å². The second kappa shape index (κ2) is 9.10. The van der Waals surface area contributed by atoms with E-state index in [1.54, 1.807) is 6.20 Å². The average Bonchev–Trinajstić information content (AvgIpc) is 3.17. The van der Waals surface area contributed by atoms with E-state index in [4.69, 9.17) is 5.11 Å². The number of benzene rings is 1. The normalized spacial score (nSPS) is 18.0. The van der Waals surface area contributed by atoms with Crippen molar-refractivity contribution in [2.45, 2.75) is 45.2 Å². The molecule has 0 aliphatic carbocycles. The van der Waals surface area contributed by atoms with Crippen molar-refractivity contribution in [3.05, 3.63) is 47.3 Å². The topological polar surface area (TPSA) is 83.3 Å². The lowest BCUT2D eigenvalue weighted by Crippen LogP contribution is -2.36. The van der Waals surface area contributed by atoms with E-state index in [9.17, 15) is 4.79 Å². The molecule has 1 atom stereocenters. The molecule has 7 heteroatoms. The van der Waals surface area contributed by atoms with Crippen molar-refractivity contribution in [1.29, 1.82) is 0 Å². The van der Waals surface area contributed by atoms with Crippen molar-refractivity contribution in [3.63, 3.8) is 0 Å². The summed E-state index contributed by atoms with van der Waals surface area (Å²) in [5, 5.41) is 19.5. The summed E-state index contributed by atoms with van der Waals surface area (Å²) in [6, 6.07) is 9.10. The number of aromatic nitrogens is 3. The molecule has 0 unspecified atom stereocenters. The number of amides is 1. The van der Waals surface area contributed by atoms with Crippen molar-refractivity contribution < 1.29 is 9.90 Å². The molecule has 1 aromatic heterocycles. The zero-order valence-corrected chi connectivity index (χ0v) is 16.1. The summed E-state index contributed by atoms with van der Waals surface area (Å²) in [4.78, 5) is 14.4. The number of carbonyl (C=O) groups is 1. The minimum Gasteiger partial charge on any atom is -0.395 e. The Morgan fingerprint density at radius 2 is 2.11 bits per heavy atom. The van der Waals surface area contributed by atoms with Crippen LogP contribution in [0.5, 0.6) is 0 Å². The van der Waals surface area contributed by atoms with Crippen LogP contribution in [0, 0.1) is 0 Å². The molecule has 1 amide bonds. The second-order valence-corrected chi connectivity index (χ2v) is 7.49. The Morgan fingerprint density at radius 3 is 2.81 bits per heavy atom. The predicted molar refractivity (Wildman–Crippen MR) is 104 cm³/mol. The lowest BCUT2D eigenvalue weighted by molar-refractivity contribution is 0.0939. The Bertz CT molecular complexity index is 741. The van der Waals surface area contributed by atoms with Crippen LogP contribution < -0.4 is 5.32 Å². The molecule has 2 N–H and O–H groups in total. The van der Waals surface area contributed by atoms with E-state index in [1.165, 1.54) is 11.1 Å². The molecule has 1 aliphatic rings. The van der Waals surface area contributed by atoms with Gasteiger partial charge in [-0.15, -0.1) is 5.10 Å². The maximum Gasteiger partial charge on any atom is 0.273 e. The molecular formula is C20H29N5O2. The van der Waals surface area contributed by atoms with Crippen LogP contribution in [0.15, 0.2) is 30.5 Å². The predicted octanol–water partition coefficient (Wildman–Crippen LogP) is 1.96. The average molecular weight is 371 g/mol. The molecule has 3 rings (SSSR count). The van der Waals surface area contributed by atoms with E-state index in [1.807, 2.05) is 4.68 Å². The van der Waals surface area contributed by atoms with Gasteiger partial charge >= 0.3 is 0 Å². The van der Waals surface area contributed by atoms with Gasteiger partial charge in [0.05, 0.1) is 18.8 Å². The number of nitrogens with zero attached hydrogens (tertiary/aromatic N) is 4. The van der Waals surface area contributed by atoms with Crippen molar-refractivity contribution in [2.75, 3.05) is 26.2 Å². The van der Waals surface area contributed by atoms with Gasteiger partial charge in [0, 0.05) is 19.6 Å². The Labute approximate surface area is 160 Å². The van der Waals surface area contributed by atoms with Gasteiger partial charge in [0.2, 0.25) is 0 Å². The SMILES string of the molecule is CC(C)c1ccc(CN2CCC[C@H](n3cc(C(=O)NCCO)nn3)C2)cc1. The van der Waals surface area contributed by atoms with Crippen LogP contribution in [0.2, 0.25) is 0 Å². The van der Waals surface area contributed by atoms with Gasteiger partial charge in [-0.25, -0.2) is 4.68 Å². The lowest BCUT2D eigenvalue weighted by Gasteiger charge is -2.32. The fourth-order valence-corrected chi connectivity index (χ4v) is 3.48. The summed E-state index contributed by atoms with van der Waals surface area (Å²) in [5.74, 6) is 0.253. The summed E-state index contributed by atoms with van der Waals surface area (Å²) < 4.78 is 1.81. The van der Waals surface area contributed by atoms with Gasteiger partial charge < -0.3 is 10.4 Å². The molecule has 0 saturated carbocycles. The highest BCUT2D eigenvalue weighted by Crippen LogP contribution is 2.23. The van der Waals surface area contributed by atoms with E-state index in [0.29, 0.717) is 11.6 Å². The third kappa shape index (κ3) is 5.14. The maximum absolute atomic E-state index is 11.9. The monoisotopic (exact) mass is 371 g/mol. The summed E-state index contributed by atoms with van der Waals surface area (Å²) in [7, 11) is 0. The maximum atomic E-state index is 11.9. The highest BCUT2D eigenvalue weighted by molar-refractivity contribution is 5.91. The number of piperidine rings is 1. The first-order chi connectivity index (χ1) is 13.1. The van der Waals surface area contributed by atoms with Gasteiger partial charge in [-0.1, -0.05) is 43.3 Å². The third-order valence-electron chi connectivity index (χ3n) is 5.05. The molecule has 1 aromatic carbocycles. The Morgan fingerprint density at radius 1 is 1.33 bits per heavy atom. The standard InChI is InChI=1S/C20H29N5O2/c1-15(2)17-7-5-16(6-8-17)12-24-10-3-4-18(13-24)25-14-19(22-23-25)20(27)21-9-11-26/h5-8,14-15,18,26H,3-4,9-13H2,1-2H3,(H,21,27)/t18-/m0/s1. The number of aliphatic hydroxyl groups is 1. The molecule has 2 heterocycles. The van der Waals surface area contributed by atoms with Crippen LogP contribution in [0.25, 0.3) is 0 Å². The van der Waals surface area contributed by atoms with E-state index in [-0.39, 0.29) is 25.1 Å². The minimum atomic E-state index is -0.298. The summed E-state index contributed by atoms with van der Waals surface area (Å²) >= 11 is 0. The zero-order valence-electron chi connectivity index (χ0n) is 16.1. The number of rotatable bonds is 7. The van der Waals surface area contributed by atoms with Crippen molar-refractivity contribution >= 4 is 5.91 Å². The first kappa shape index (κ1) is 19.5. The van der Waals surface area contributed by atoms with Gasteiger partial charge in [0.1, 0.15) is 0 Å². The van der Waals surface area contributed by atoms with Crippen LogP contribution in [-0.2, 0) is 6.54 Å². The minimum absolute atomic E-state index is 0.0877. The van der Waals surface area contributed by atoms with Crippen LogP contribution in [0.3, 0.4) is 0 Å². The Balaban J connectivity index is 1.59. The number of hydrogen-bond acceptors (Lipinski definition) is 5. The van der Waals surface area contributed by atoms with E-state index < -0.39 is 0 Å². The number of aliphatic hydroxyl groups excluding tert-OH is 1. The number of carbonyl (C=O) groups excluding carboxylic acids is 1. The fourth-order valence-electron chi connectivity index (χ4n) is 3.48. The van der Waals surface area contributed by atoms with Gasteiger partial charge in [0.15, 0.2) is 5.69 Å². The van der Waals surface area contributed by atoms with Crippen LogP contribution in [-0.4, -0.2) is 57.1 Å². The molecule has 0 bridgehead atoms. The Kier molecular flexibility index (Phi) is 6.58. The van der Waals surface area contributed by atoms with E-state index in [2.05, 4.69) is 58.6 Å². The van der Waals surface area contributed by atoms with Crippen LogP contribution in [0.4, 0.5) is 0 Å². The molecule has 7 nitrogen and oxygen atoms in total. The highest BCUT2D eigenvalue weighted by atomic mass is 16.3. The molecular weight excluding hydrogens is 342 g/mol. The third-order valence-corrected chi connectivity index (χ3v) is 5.05. The summed E-state index contributed by atoms with van der Waals surface area (Å²) in [5.41, 5.74) is 2.98. The van der Waals surface area contributed by atoms with E-state index >= 15 is 0 Å². The molecule has 146 valence electrons. The molecule has 27 heavy (non-hydrogen) atoms. The van der Waals surface area contributed by atoms with Crippen LogP contribution >= 0.6 is 0 Å². The Hall–Kier alpha value is -2.25. The van der Waals surface area contributed by atoms with Gasteiger partial charge in [-0.3, -0.25) is 9.69 Å². The first-order valence-electron chi connectivity index (χ1n) is 9.69. The number of hydrogen-bond donors (Lipinski definition) is 2. The molecule has 0 radical (unpaired) electrons. The highest BCUT2D eigenvalue weighted by Gasteiger charge is 2.23. The van der Waals surface area contributed by atoms with Crippen LogP contribution in [0.1, 0.15) is 60.3 Å². The van der Waals surface area contributed by atoms with Gasteiger partial charge in [-0.05, 0) is 36.4 Å². The van der Waals surface area contributed by atoms with E-state index in [0.717, 1.165) is 32.5 Å². The van der Waals surface area contributed by atoms with Crippen molar-refractivity contribution in [3.8, 4) is 0 Å². The lowest BCUT2D eigenvalue weighted by atomic mass is 10.0. The first-order valence-corrected chi connectivity index (χ1v) is 9.69. The summed E-state index contributed by atoms with van der Waals surface area (Å²) in [6.07, 6.45) is 3.84. The molecule has 1 fully saturated rings. The molecule has 1 saturated heterocycles. The molecule has 2 aromatic rings. The van der Waals surface area contributed by atoms with Gasteiger partial charge in [0.25, 0.3) is 5.91 Å². The second-order valence-electron chi connectivity index (χ2n) is 7.49. The number of likely N-dealkylation sites (tertiary alicyclic amines) is 1. The zero-order chi connectivity index (χ0) is 19.2. The van der Waals surface area contributed by atoms with Crippen molar-refractivity contribution in [2.24, 2.45) is 0 Å². The fraction of sp³-hybridized carbons (Fsp3) is 0.550. The quantitative estimate of drug-likeness (QED) is 0.777. The molecule has 0 spiro atoms. The summed E-state index contributed by atoms with van der Waals surface area (Å²) in [6.45, 7) is 7.44. The molecule has 1 aliphatic heterocycles. The largest absolute Gasteiger partial charge is 0.395 e. The number of nitrogens with one attached hydrogen (secondary N) is 1.